The summed E-state index contributed by atoms with van der Waals surface area (Å²) in [6, 6.07) is 9.00. The number of hydrogen-bond acceptors (Lipinski definition) is 4. The normalized spacial score (nSPS) is 9.67. The summed E-state index contributed by atoms with van der Waals surface area (Å²) in [6.07, 6.45) is 0.264. The molecule has 0 heterocycles. The first-order chi connectivity index (χ1) is 7.24. The predicted octanol–water partition coefficient (Wildman–Crippen LogP) is 2.12. The van der Waals surface area contributed by atoms with E-state index in [0.717, 1.165) is 11.8 Å². The van der Waals surface area contributed by atoms with Crippen LogP contribution in [0.3, 0.4) is 0 Å². The van der Waals surface area contributed by atoms with Gasteiger partial charge in [0, 0.05) is 11.3 Å². The number of benzene rings is 1. The number of esters is 1. The van der Waals surface area contributed by atoms with E-state index in [1.807, 2.05) is 18.2 Å². The van der Waals surface area contributed by atoms with Crippen molar-refractivity contribution in [2.24, 2.45) is 0 Å². The molecule has 0 saturated carbocycles. The molecule has 0 saturated heterocycles. The molecule has 0 aromatic heterocycles. The Labute approximate surface area is 92.8 Å². The van der Waals surface area contributed by atoms with Gasteiger partial charge >= 0.3 is 5.97 Å². The van der Waals surface area contributed by atoms with Gasteiger partial charge < -0.3 is 4.74 Å². The van der Waals surface area contributed by atoms with Crippen LogP contribution in [0.15, 0.2) is 30.3 Å². The highest BCUT2D eigenvalue weighted by Crippen LogP contribution is 2.12. The van der Waals surface area contributed by atoms with E-state index in [1.54, 1.807) is 12.1 Å². The minimum absolute atomic E-state index is 0.0143. The number of ether oxygens (including phenoxy) is 1. The third kappa shape index (κ3) is 4.16. The molecular weight excluding hydrogens is 212 g/mol. The lowest BCUT2D eigenvalue weighted by Gasteiger charge is -1.99. The van der Waals surface area contributed by atoms with Crippen LogP contribution in [0.1, 0.15) is 16.8 Å². The van der Waals surface area contributed by atoms with Crippen molar-refractivity contribution in [1.29, 1.82) is 0 Å². The highest BCUT2D eigenvalue weighted by atomic mass is 32.2. The number of methoxy groups -OCH3 is 1. The molecule has 0 aliphatic carbocycles. The van der Waals surface area contributed by atoms with Gasteiger partial charge in [-0.15, -0.1) is 0 Å². The van der Waals surface area contributed by atoms with Gasteiger partial charge in [-0.3, -0.25) is 9.59 Å². The zero-order chi connectivity index (χ0) is 11.1. The van der Waals surface area contributed by atoms with Gasteiger partial charge in [0.15, 0.2) is 0 Å². The summed E-state index contributed by atoms with van der Waals surface area (Å²) in [5.41, 5.74) is 0.660. The van der Waals surface area contributed by atoms with Gasteiger partial charge in [-0.25, -0.2) is 0 Å². The van der Waals surface area contributed by atoms with Crippen molar-refractivity contribution in [1.82, 2.24) is 0 Å². The number of rotatable bonds is 4. The van der Waals surface area contributed by atoms with Gasteiger partial charge in [-0.1, -0.05) is 42.1 Å². The van der Waals surface area contributed by atoms with E-state index in [4.69, 9.17) is 0 Å². The highest BCUT2D eigenvalue weighted by Gasteiger charge is 2.07. The fourth-order valence-corrected chi connectivity index (χ4v) is 1.74. The van der Waals surface area contributed by atoms with Crippen LogP contribution in [0.5, 0.6) is 0 Å². The summed E-state index contributed by atoms with van der Waals surface area (Å²) in [7, 11) is 1.34. The van der Waals surface area contributed by atoms with E-state index in [1.165, 1.54) is 7.11 Å². The van der Waals surface area contributed by atoms with Crippen molar-refractivity contribution in [3.63, 3.8) is 0 Å². The van der Waals surface area contributed by atoms with Crippen molar-refractivity contribution in [3.05, 3.63) is 35.9 Å². The number of carbonyl (C=O) groups excluding carboxylic acids is 2. The standard InChI is InChI=1S/C11H12O3S/c1-14-10(12)7-8-15-11(13)9-5-3-2-4-6-9/h2-6H,7-8H2,1H3. The lowest BCUT2D eigenvalue weighted by molar-refractivity contribution is -0.140. The maximum absolute atomic E-state index is 11.5. The quantitative estimate of drug-likeness (QED) is 0.735. The first kappa shape index (κ1) is 11.8. The summed E-state index contributed by atoms with van der Waals surface area (Å²) in [4.78, 5) is 22.3. The Morgan fingerprint density at radius 2 is 1.93 bits per heavy atom. The van der Waals surface area contributed by atoms with Crippen molar-refractivity contribution in [3.8, 4) is 0 Å². The second kappa shape index (κ2) is 6.24. The van der Waals surface area contributed by atoms with Gasteiger partial charge in [0.25, 0.3) is 0 Å². The topological polar surface area (TPSA) is 43.4 Å². The van der Waals surface area contributed by atoms with E-state index in [-0.39, 0.29) is 17.5 Å². The zero-order valence-corrected chi connectivity index (χ0v) is 9.25. The molecule has 0 N–H and O–H groups in total. The summed E-state index contributed by atoms with van der Waals surface area (Å²) < 4.78 is 4.47. The van der Waals surface area contributed by atoms with Crippen LogP contribution < -0.4 is 0 Å². The fourth-order valence-electron chi connectivity index (χ4n) is 0.987. The molecular formula is C11H12O3S. The maximum Gasteiger partial charge on any atom is 0.306 e. The Morgan fingerprint density at radius 1 is 1.27 bits per heavy atom. The summed E-state index contributed by atoms with van der Waals surface area (Å²) in [6.45, 7) is 0. The molecule has 0 spiro atoms. The molecule has 1 rings (SSSR count). The molecule has 1 aromatic carbocycles. The van der Waals surface area contributed by atoms with Crippen molar-refractivity contribution < 1.29 is 14.3 Å². The second-order valence-electron chi connectivity index (χ2n) is 2.83. The van der Waals surface area contributed by atoms with Crippen LogP contribution in [-0.2, 0) is 9.53 Å². The molecule has 1 aromatic rings. The van der Waals surface area contributed by atoms with E-state index < -0.39 is 0 Å². The molecule has 0 bridgehead atoms. The molecule has 0 fully saturated rings. The number of hydrogen-bond donors (Lipinski definition) is 0. The molecule has 0 unspecified atom stereocenters. The third-order valence-electron chi connectivity index (χ3n) is 1.78. The molecule has 80 valence electrons. The second-order valence-corrected chi connectivity index (χ2v) is 3.90. The summed E-state index contributed by atoms with van der Waals surface area (Å²) in [5.74, 6) is 0.170. The van der Waals surface area contributed by atoms with Gasteiger partial charge in [-0.05, 0) is 0 Å². The maximum atomic E-state index is 11.5. The first-order valence-electron chi connectivity index (χ1n) is 4.53. The number of carbonyl (C=O) groups is 2. The SMILES string of the molecule is COC(=O)CCSC(=O)c1ccccc1. The van der Waals surface area contributed by atoms with Gasteiger partial charge in [0.2, 0.25) is 5.12 Å². The highest BCUT2D eigenvalue weighted by molar-refractivity contribution is 8.14. The van der Waals surface area contributed by atoms with Crippen molar-refractivity contribution in [2.45, 2.75) is 6.42 Å². The molecule has 4 heteroatoms. The Hall–Kier alpha value is -1.29. The smallest absolute Gasteiger partial charge is 0.306 e. The average Bonchev–Trinajstić information content (AvgIpc) is 2.29. The molecule has 0 radical (unpaired) electrons. The lowest BCUT2D eigenvalue weighted by atomic mass is 10.2. The van der Waals surface area contributed by atoms with Crippen LogP contribution in [0.25, 0.3) is 0 Å². The molecule has 3 nitrogen and oxygen atoms in total. The molecule has 0 aliphatic heterocycles. The molecule has 0 aliphatic rings. The minimum atomic E-state index is -0.289. The molecule has 0 amide bonds. The Balaban J connectivity index is 2.34. The predicted molar refractivity (Wildman–Crippen MR) is 59.9 cm³/mol. The third-order valence-corrected chi connectivity index (χ3v) is 2.68. The van der Waals surface area contributed by atoms with E-state index >= 15 is 0 Å². The van der Waals surface area contributed by atoms with Crippen LogP contribution in [0, 0.1) is 0 Å². The summed E-state index contributed by atoms with van der Waals surface area (Å²) in [5, 5.41) is -0.0143. The summed E-state index contributed by atoms with van der Waals surface area (Å²) >= 11 is 1.13. The molecule has 0 atom stereocenters. The van der Waals surface area contributed by atoms with Crippen molar-refractivity contribution >= 4 is 22.8 Å². The average molecular weight is 224 g/mol. The number of thioether (sulfide) groups is 1. The van der Waals surface area contributed by atoms with E-state index in [9.17, 15) is 9.59 Å². The van der Waals surface area contributed by atoms with Gasteiger partial charge in [-0.2, -0.15) is 0 Å². The van der Waals surface area contributed by atoms with Crippen LogP contribution in [0.4, 0.5) is 0 Å². The Bertz CT molecular complexity index is 335. The first-order valence-corrected chi connectivity index (χ1v) is 5.51. The largest absolute Gasteiger partial charge is 0.469 e. The Kier molecular flexibility index (Phi) is 4.90. The van der Waals surface area contributed by atoms with Crippen LogP contribution in [0.2, 0.25) is 0 Å². The Morgan fingerprint density at radius 3 is 2.53 bits per heavy atom. The zero-order valence-electron chi connectivity index (χ0n) is 8.43. The minimum Gasteiger partial charge on any atom is -0.469 e. The van der Waals surface area contributed by atoms with Crippen LogP contribution in [-0.4, -0.2) is 23.9 Å². The monoisotopic (exact) mass is 224 g/mol. The van der Waals surface area contributed by atoms with Gasteiger partial charge in [0.05, 0.1) is 13.5 Å². The van der Waals surface area contributed by atoms with Crippen molar-refractivity contribution in [2.75, 3.05) is 12.9 Å². The van der Waals surface area contributed by atoms with Crippen LogP contribution >= 0.6 is 11.8 Å². The fraction of sp³-hybridized carbons (Fsp3) is 0.273. The van der Waals surface area contributed by atoms with E-state index in [0.29, 0.717) is 11.3 Å². The lowest BCUT2D eigenvalue weighted by Crippen LogP contribution is -2.03. The molecule has 15 heavy (non-hydrogen) atoms. The van der Waals surface area contributed by atoms with Gasteiger partial charge in [0.1, 0.15) is 0 Å². The van der Waals surface area contributed by atoms with E-state index in [2.05, 4.69) is 4.74 Å².